The summed E-state index contributed by atoms with van der Waals surface area (Å²) in [5.74, 6) is 0. The van der Waals surface area contributed by atoms with Gasteiger partial charge in [-0.2, -0.15) is 26.3 Å². The average Bonchev–Trinajstić information content (AvgIpc) is 4.14. The Bertz CT molecular complexity index is 3980. The molecule has 0 saturated carbocycles. The van der Waals surface area contributed by atoms with Crippen LogP contribution >= 0.6 is 0 Å². The second-order valence-corrected chi connectivity index (χ2v) is 21.3. The summed E-state index contributed by atoms with van der Waals surface area (Å²) < 4.78 is 98.2. The van der Waals surface area contributed by atoms with Crippen molar-refractivity contribution in [3.8, 4) is 67.0 Å². The number of fused-ring (bicyclic) bond motifs is 6. The van der Waals surface area contributed by atoms with Gasteiger partial charge >= 0.3 is 12.4 Å². The molecule has 0 aliphatic carbocycles. The van der Waals surface area contributed by atoms with Crippen molar-refractivity contribution in [3.63, 3.8) is 0 Å². The molecule has 0 aliphatic heterocycles. The van der Waals surface area contributed by atoms with Crippen LogP contribution in [0, 0.1) is 55.4 Å². The number of aryl methyl sites for hydroxylation is 8. The lowest BCUT2D eigenvalue weighted by atomic mass is 9.95. The monoisotopic (exact) mass is 1040 g/mol. The first-order valence-corrected chi connectivity index (χ1v) is 26.1. The minimum Gasteiger partial charge on any atom is -0.308 e. The highest BCUT2D eigenvalue weighted by molar-refractivity contribution is 6.14. The molecule has 8 heteroatoms. The minimum atomic E-state index is -4.91. The third-order valence-corrected chi connectivity index (χ3v) is 15.7. The molecule has 0 saturated heterocycles. The van der Waals surface area contributed by atoms with Crippen LogP contribution in [-0.2, 0) is 12.4 Å². The molecule has 0 atom stereocenters. The van der Waals surface area contributed by atoms with Crippen molar-refractivity contribution >= 4 is 43.6 Å². The van der Waals surface area contributed by atoms with Crippen LogP contribution in [0.4, 0.5) is 26.3 Å². The fourth-order valence-corrected chi connectivity index (χ4v) is 12.1. The SMILES string of the molecule is Cc1ccc(-c2ccc3c4ccc(-c5ccc(C)cc5C)cc4n(-c4cc(C(F)(F)F)cc(-n5c6cc(-c7ccc(C)cc7C)ccc6c6ccc(-c7ccc(C)cc7C)cc65)c4-c4cccc(C(F)(F)F)c4)c3c2)c(C)c1. The zero-order chi connectivity index (χ0) is 54.7. The smallest absolute Gasteiger partial charge is 0.308 e. The van der Waals surface area contributed by atoms with E-state index in [0.29, 0.717) is 22.1 Å². The van der Waals surface area contributed by atoms with E-state index in [1.807, 2.05) is 162 Å². The predicted molar refractivity (Wildman–Crippen MR) is 310 cm³/mol. The summed E-state index contributed by atoms with van der Waals surface area (Å²) in [5, 5.41) is 3.08. The Hall–Kier alpha value is -8.62. The Labute approximate surface area is 449 Å². The first-order valence-electron chi connectivity index (χ1n) is 26.1. The van der Waals surface area contributed by atoms with Gasteiger partial charge in [0.05, 0.1) is 44.6 Å². The molecule has 10 aromatic carbocycles. The molecule has 0 aliphatic rings. The summed E-state index contributed by atoms with van der Waals surface area (Å²) in [5.41, 5.74) is 16.5. The summed E-state index contributed by atoms with van der Waals surface area (Å²) >= 11 is 0. The minimum absolute atomic E-state index is 0.0702. The molecule has 0 amide bonds. The molecule has 12 aromatic rings. The molecule has 0 bridgehead atoms. The van der Waals surface area contributed by atoms with E-state index in [2.05, 4.69) is 48.5 Å². The number of halogens is 6. The molecule has 0 radical (unpaired) electrons. The predicted octanol–water partition coefficient (Wildman–Crippen LogP) is 20.7. The Morgan fingerprint density at radius 2 is 0.590 bits per heavy atom. The van der Waals surface area contributed by atoms with Gasteiger partial charge < -0.3 is 9.13 Å². The van der Waals surface area contributed by atoms with E-state index >= 15 is 26.3 Å². The molecule has 0 unspecified atom stereocenters. The van der Waals surface area contributed by atoms with Gasteiger partial charge in [-0.25, -0.2) is 0 Å². The molecule has 0 fully saturated rings. The van der Waals surface area contributed by atoms with E-state index in [0.717, 1.165) is 135 Å². The molecular formula is C70H54F6N2. The normalized spacial score (nSPS) is 12.2. The fraction of sp³-hybridized carbons (Fsp3) is 0.143. The summed E-state index contributed by atoms with van der Waals surface area (Å²) in [6.45, 7) is 16.2. The number of rotatable bonds is 7. The number of hydrogen-bond acceptors (Lipinski definition) is 0. The van der Waals surface area contributed by atoms with Gasteiger partial charge in [-0.15, -0.1) is 0 Å². The molecule has 2 heterocycles. The molecule has 0 spiro atoms. The second kappa shape index (κ2) is 18.5. The van der Waals surface area contributed by atoms with Crippen molar-refractivity contribution in [1.29, 1.82) is 0 Å². The number of alkyl halides is 6. The summed E-state index contributed by atoms with van der Waals surface area (Å²) in [6, 6.07) is 56.2. The Morgan fingerprint density at radius 3 is 0.872 bits per heavy atom. The average molecular weight is 1040 g/mol. The third-order valence-electron chi connectivity index (χ3n) is 15.7. The molecule has 386 valence electrons. The van der Waals surface area contributed by atoms with Gasteiger partial charge in [0.2, 0.25) is 0 Å². The van der Waals surface area contributed by atoms with Crippen LogP contribution in [0.3, 0.4) is 0 Å². The van der Waals surface area contributed by atoms with Gasteiger partial charge in [0.15, 0.2) is 0 Å². The molecule has 12 rings (SSSR count). The van der Waals surface area contributed by atoms with Gasteiger partial charge in [-0.05, 0) is 176 Å². The quantitative estimate of drug-likeness (QED) is 0.141. The summed E-state index contributed by atoms with van der Waals surface area (Å²) in [6.07, 6.45) is -9.68. The van der Waals surface area contributed by atoms with E-state index in [9.17, 15) is 0 Å². The molecule has 2 nitrogen and oxygen atoms in total. The van der Waals surface area contributed by atoms with Gasteiger partial charge in [-0.1, -0.05) is 156 Å². The topological polar surface area (TPSA) is 9.86 Å². The lowest BCUT2D eigenvalue weighted by molar-refractivity contribution is -0.138. The molecule has 78 heavy (non-hydrogen) atoms. The first-order chi connectivity index (χ1) is 37.2. The molecule has 2 aromatic heterocycles. The van der Waals surface area contributed by atoms with Crippen molar-refractivity contribution in [1.82, 2.24) is 9.13 Å². The molecular weight excluding hydrogens is 983 g/mol. The Morgan fingerprint density at radius 1 is 0.282 bits per heavy atom. The van der Waals surface area contributed by atoms with Gasteiger partial charge in [0.25, 0.3) is 0 Å². The Kier molecular flexibility index (Phi) is 11.9. The van der Waals surface area contributed by atoms with Crippen LogP contribution in [0.25, 0.3) is 111 Å². The van der Waals surface area contributed by atoms with Crippen LogP contribution in [0.15, 0.2) is 182 Å². The van der Waals surface area contributed by atoms with Gasteiger partial charge in [0.1, 0.15) is 0 Å². The zero-order valence-electron chi connectivity index (χ0n) is 44.5. The van der Waals surface area contributed by atoms with Crippen molar-refractivity contribution in [2.24, 2.45) is 0 Å². The number of nitrogens with zero attached hydrogens (tertiary/aromatic N) is 2. The van der Waals surface area contributed by atoms with Crippen molar-refractivity contribution in [2.45, 2.75) is 67.7 Å². The first kappa shape index (κ1) is 50.2. The van der Waals surface area contributed by atoms with E-state index in [4.69, 9.17) is 0 Å². The number of hydrogen-bond donors (Lipinski definition) is 0. The third kappa shape index (κ3) is 8.64. The lowest BCUT2D eigenvalue weighted by Crippen LogP contribution is -2.12. The standard InChI is InChI=1S/C70H54F6N2/c1-39-12-20-54(43(5)28-39)47-16-24-58-59-25-17-48(55-21-13-40(2)29-44(55)6)34-63(59)77(62(58)33-47)66-37-53(70(74,75)76)38-67(68(66)51-10-9-11-52(32-51)69(71,72)73)78-64-35-49(56-22-14-41(3)30-45(56)7)18-26-60(64)61-27-19-50(36-65(61)78)57-23-15-42(4)31-46(57)8/h9-38H,1-8H3. The van der Waals surface area contributed by atoms with Crippen LogP contribution in [0.5, 0.6) is 0 Å². The summed E-state index contributed by atoms with van der Waals surface area (Å²) in [7, 11) is 0. The highest BCUT2D eigenvalue weighted by Gasteiger charge is 2.36. The lowest BCUT2D eigenvalue weighted by Gasteiger charge is -2.23. The van der Waals surface area contributed by atoms with Crippen molar-refractivity contribution in [2.75, 3.05) is 0 Å². The fourth-order valence-electron chi connectivity index (χ4n) is 12.1. The van der Waals surface area contributed by atoms with Gasteiger partial charge in [0, 0.05) is 27.1 Å². The van der Waals surface area contributed by atoms with E-state index < -0.39 is 23.5 Å². The van der Waals surface area contributed by atoms with Crippen LogP contribution < -0.4 is 0 Å². The number of benzene rings is 10. The highest BCUT2D eigenvalue weighted by atomic mass is 19.4. The van der Waals surface area contributed by atoms with Crippen molar-refractivity contribution in [3.05, 3.63) is 238 Å². The van der Waals surface area contributed by atoms with E-state index in [1.165, 1.54) is 6.07 Å². The van der Waals surface area contributed by atoms with E-state index in [1.54, 1.807) is 6.07 Å². The van der Waals surface area contributed by atoms with Gasteiger partial charge in [-0.3, -0.25) is 0 Å². The van der Waals surface area contributed by atoms with Crippen molar-refractivity contribution < 1.29 is 26.3 Å². The zero-order valence-corrected chi connectivity index (χ0v) is 44.5. The maximum Gasteiger partial charge on any atom is 0.416 e. The second-order valence-electron chi connectivity index (χ2n) is 21.3. The summed E-state index contributed by atoms with van der Waals surface area (Å²) in [4.78, 5) is 0. The van der Waals surface area contributed by atoms with Crippen LogP contribution in [0.2, 0.25) is 0 Å². The maximum atomic E-state index is 16.3. The number of aromatic nitrogens is 2. The largest absolute Gasteiger partial charge is 0.416 e. The van der Waals surface area contributed by atoms with Crippen LogP contribution in [-0.4, -0.2) is 9.13 Å². The highest BCUT2D eigenvalue weighted by Crippen LogP contribution is 2.48. The van der Waals surface area contributed by atoms with E-state index in [-0.39, 0.29) is 22.5 Å². The maximum absolute atomic E-state index is 16.3. The Balaban J connectivity index is 1.29. The van der Waals surface area contributed by atoms with Crippen LogP contribution in [0.1, 0.15) is 55.6 Å². The molecule has 0 N–H and O–H groups in total.